The third-order valence-electron chi connectivity index (χ3n) is 9.92. The number of hydrogen-bond acceptors (Lipinski definition) is 8. The summed E-state index contributed by atoms with van der Waals surface area (Å²) in [6.45, 7) is 5.50. The summed E-state index contributed by atoms with van der Waals surface area (Å²) in [5, 5.41) is 31.7. The van der Waals surface area contributed by atoms with Crippen molar-refractivity contribution in [3.05, 3.63) is 11.6 Å². The van der Waals surface area contributed by atoms with Crippen molar-refractivity contribution in [3.63, 3.8) is 0 Å². The fourth-order valence-corrected chi connectivity index (χ4v) is 7.07. The molecule has 0 unspecified atom stereocenters. The summed E-state index contributed by atoms with van der Waals surface area (Å²) in [6, 6.07) is 0. The molecule has 0 radical (unpaired) electrons. The lowest BCUT2D eigenvalue weighted by atomic mass is 9.98. The maximum Gasteiger partial charge on any atom is 0.334 e. The van der Waals surface area contributed by atoms with Crippen LogP contribution in [0.3, 0.4) is 0 Å². The van der Waals surface area contributed by atoms with Crippen molar-refractivity contribution in [1.82, 2.24) is 0 Å². The van der Waals surface area contributed by atoms with Gasteiger partial charge < -0.3 is 29.5 Å². The highest BCUT2D eigenvalue weighted by Gasteiger charge is 2.37. The van der Waals surface area contributed by atoms with Crippen LogP contribution in [0, 0.1) is 0 Å². The molecule has 0 aromatic rings. The second-order valence-corrected chi connectivity index (χ2v) is 14.4. The summed E-state index contributed by atoms with van der Waals surface area (Å²) >= 11 is 0. The van der Waals surface area contributed by atoms with E-state index in [9.17, 15) is 24.9 Å². The fraction of sp³-hybridized carbons (Fsp3) is 0.897. The van der Waals surface area contributed by atoms with Gasteiger partial charge in [-0.1, -0.05) is 116 Å². The van der Waals surface area contributed by atoms with Gasteiger partial charge in [-0.3, -0.25) is 4.79 Å². The smallest absolute Gasteiger partial charge is 0.334 e. The lowest BCUT2D eigenvalue weighted by molar-refractivity contribution is -0.159. The normalized spacial score (nSPS) is 22.1. The predicted octanol–water partition coefficient (Wildman–Crippen LogP) is 8.41. The number of cyclic esters (lactones) is 1. The van der Waals surface area contributed by atoms with E-state index in [1.54, 1.807) is 0 Å². The first kappa shape index (κ1) is 41.7. The van der Waals surface area contributed by atoms with E-state index in [-0.39, 0.29) is 36.4 Å². The van der Waals surface area contributed by atoms with E-state index in [2.05, 4.69) is 6.92 Å². The summed E-state index contributed by atoms with van der Waals surface area (Å²) in [4.78, 5) is 23.5. The molecule has 2 aliphatic rings. The van der Waals surface area contributed by atoms with E-state index in [4.69, 9.17) is 14.2 Å². The highest BCUT2D eigenvalue weighted by Crippen LogP contribution is 2.30. The first-order valence-corrected chi connectivity index (χ1v) is 19.5. The molecule has 0 aromatic carbocycles. The zero-order valence-electron chi connectivity index (χ0n) is 30.2. The second kappa shape index (κ2) is 25.5. The van der Waals surface area contributed by atoms with Gasteiger partial charge in [-0.05, 0) is 57.9 Å². The monoisotopic (exact) mass is 667 g/mol. The zero-order chi connectivity index (χ0) is 34.3. The molecule has 2 aliphatic heterocycles. The van der Waals surface area contributed by atoms with Gasteiger partial charge in [-0.2, -0.15) is 0 Å². The van der Waals surface area contributed by atoms with Crippen molar-refractivity contribution in [2.75, 3.05) is 0 Å². The third-order valence-corrected chi connectivity index (χ3v) is 9.92. The number of rotatable bonds is 29. The van der Waals surface area contributed by atoms with Crippen LogP contribution in [0.25, 0.3) is 0 Å². The van der Waals surface area contributed by atoms with Gasteiger partial charge in [0.05, 0.1) is 30.5 Å². The minimum atomic E-state index is -0.551. The predicted molar refractivity (Wildman–Crippen MR) is 187 cm³/mol. The van der Waals surface area contributed by atoms with Crippen LogP contribution in [0.2, 0.25) is 0 Å². The molecule has 0 saturated carbocycles. The quantitative estimate of drug-likeness (QED) is 0.0537. The van der Waals surface area contributed by atoms with E-state index in [0.717, 1.165) is 83.5 Å². The number of esters is 2. The molecule has 2 rings (SSSR count). The summed E-state index contributed by atoms with van der Waals surface area (Å²) in [5.74, 6) is -0.610. The van der Waals surface area contributed by atoms with Gasteiger partial charge >= 0.3 is 11.9 Å². The molecule has 47 heavy (non-hydrogen) atoms. The van der Waals surface area contributed by atoms with Gasteiger partial charge in [0.2, 0.25) is 0 Å². The number of unbranched alkanes of at least 4 members (excludes halogenated alkanes) is 15. The van der Waals surface area contributed by atoms with Crippen LogP contribution < -0.4 is 0 Å². The highest BCUT2D eigenvalue weighted by molar-refractivity contribution is 5.90. The number of hydrogen-bond donors (Lipinski definition) is 3. The molecule has 274 valence electrons. The van der Waals surface area contributed by atoms with Crippen molar-refractivity contribution >= 4 is 11.9 Å². The Bertz CT molecular complexity index is 860. The average Bonchev–Trinajstić information content (AvgIpc) is 3.65. The molecule has 3 N–H and O–H groups in total. The van der Waals surface area contributed by atoms with Crippen molar-refractivity contribution in [1.29, 1.82) is 0 Å². The number of ether oxygens (including phenoxy) is 3. The first-order valence-electron chi connectivity index (χ1n) is 19.5. The van der Waals surface area contributed by atoms with Crippen LogP contribution in [-0.2, 0) is 23.8 Å². The minimum absolute atomic E-state index is 0.153. The van der Waals surface area contributed by atoms with Gasteiger partial charge in [0, 0.05) is 18.9 Å². The summed E-state index contributed by atoms with van der Waals surface area (Å²) < 4.78 is 16.9. The van der Waals surface area contributed by atoms with Gasteiger partial charge in [0.25, 0.3) is 0 Å². The summed E-state index contributed by atoms with van der Waals surface area (Å²) in [6.07, 6.45) is 24.6. The Labute approximate surface area is 286 Å². The number of aliphatic hydroxyl groups excluding tert-OH is 3. The molecule has 7 atom stereocenters. The number of aliphatic hydroxyl groups is 3. The Morgan fingerprint density at radius 1 is 0.766 bits per heavy atom. The third kappa shape index (κ3) is 19.3. The Morgan fingerprint density at radius 3 is 1.81 bits per heavy atom. The van der Waals surface area contributed by atoms with Crippen molar-refractivity contribution in [2.24, 2.45) is 0 Å². The second-order valence-electron chi connectivity index (χ2n) is 14.4. The highest BCUT2D eigenvalue weighted by atomic mass is 16.6. The Morgan fingerprint density at radius 2 is 1.28 bits per heavy atom. The van der Waals surface area contributed by atoms with Crippen molar-refractivity contribution in [3.8, 4) is 0 Å². The Kier molecular flexibility index (Phi) is 22.6. The molecule has 1 fully saturated rings. The van der Waals surface area contributed by atoms with E-state index in [1.165, 1.54) is 58.3 Å². The SMILES string of the molecule is CCCCCCCCCCCC[C@@H](O)[C@@H]1CC[C@@H]([C@H](C[C@H](O)CCCCCCCCC[C@H](O)CCC2=C[C@@H](C)OC2=O)OC(C)=O)O1. The van der Waals surface area contributed by atoms with Gasteiger partial charge in [0.1, 0.15) is 12.2 Å². The summed E-state index contributed by atoms with van der Waals surface area (Å²) in [7, 11) is 0. The van der Waals surface area contributed by atoms with Gasteiger partial charge in [-0.15, -0.1) is 0 Å². The lowest BCUT2D eigenvalue weighted by Crippen LogP contribution is -2.36. The maximum atomic E-state index is 11.8. The molecule has 0 amide bonds. The first-order chi connectivity index (χ1) is 22.7. The van der Waals surface area contributed by atoms with E-state index in [1.807, 2.05) is 13.0 Å². The van der Waals surface area contributed by atoms with Crippen LogP contribution in [0.15, 0.2) is 11.6 Å². The minimum Gasteiger partial charge on any atom is -0.460 e. The molecule has 8 nitrogen and oxygen atoms in total. The van der Waals surface area contributed by atoms with Gasteiger partial charge in [-0.25, -0.2) is 4.79 Å². The average molecular weight is 667 g/mol. The molecule has 0 spiro atoms. The van der Waals surface area contributed by atoms with E-state index >= 15 is 0 Å². The molecule has 0 aromatic heterocycles. The Hall–Kier alpha value is -1.48. The van der Waals surface area contributed by atoms with Gasteiger partial charge in [0.15, 0.2) is 0 Å². The standard InChI is InChI=1S/C39H70O8/c1-4-5-6-7-8-9-10-14-17-20-23-35(43)36-26-27-37(47-36)38(46-31(3)40)29-34(42)22-19-16-13-11-12-15-18-21-33(41)25-24-32-28-30(2)45-39(32)44/h28,30,33-38,41-43H,4-27,29H2,1-3H3/t30-,33+,34-,35-,36+,37+,38+/m1/s1. The Balaban J connectivity index is 1.50. The van der Waals surface area contributed by atoms with E-state index < -0.39 is 18.3 Å². The molecule has 2 heterocycles. The van der Waals surface area contributed by atoms with Crippen molar-refractivity contribution in [2.45, 2.75) is 224 Å². The fourth-order valence-electron chi connectivity index (χ4n) is 7.07. The number of carbonyl (C=O) groups is 2. The molecule has 8 heteroatoms. The summed E-state index contributed by atoms with van der Waals surface area (Å²) in [5.41, 5.74) is 0.689. The van der Waals surface area contributed by atoms with Crippen LogP contribution in [0.5, 0.6) is 0 Å². The lowest BCUT2D eigenvalue weighted by Gasteiger charge is -2.27. The molecule has 0 aliphatic carbocycles. The largest absolute Gasteiger partial charge is 0.460 e. The maximum absolute atomic E-state index is 11.8. The molecule has 0 bridgehead atoms. The van der Waals surface area contributed by atoms with Crippen LogP contribution in [0.1, 0.15) is 181 Å². The molecular weight excluding hydrogens is 596 g/mol. The van der Waals surface area contributed by atoms with E-state index in [0.29, 0.717) is 31.3 Å². The molecular formula is C39H70O8. The zero-order valence-corrected chi connectivity index (χ0v) is 30.2. The van der Waals surface area contributed by atoms with Crippen LogP contribution in [0.4, 0.5) is 0 Å². The van der Waals surface area contributed by atoms with Crippen LogP contribution in [-0.4, -0.2) is 70.0 Å². The molecule has 1 saturated heterocycles. The van der Waals surface area contributed by atoms with Crippen molar-refractivity contribution < 1.29 is 39.1 Å². The number of carbonyl (C=O) groups excluding carboxylic acids is 2. The topological polar surface area (TPSA) is 123 Å². The van der Waals surface area contributed by atoms with Crippen LogP contribution >= 0.6 is 0 Å².